The largest absolute Gasteiger partial charge is 0.377 e. The molecule has 17 heavy (non-hydrogen) atoms. The summed E-state index contributed by atoms with van der Waals surface area (Å²) in [5.41, 5.74) is 9.49. The summed E-state index contributed by atoms with van der Waals surface area (Å²) in [5.74, 6) is 0. The summed E-state index contributed by atoms with van der Waals surface area (Å²) >= 11 is 0. The van der Waals surface area contributed by atoms with Gasteiger partial charge in [0.15, 0.2) is 0 Å². The Morgan fingerprint density at radius 1 is 1.47 bits per heavy atom. The van der Waals surface area contributed by atoms with Crippen molar-refractivity contribution in [3.05, 3.63) is 29.3 Å². The van der Waals surface area contributed by atoms with E-state index in [0.29, 0.717) is 12.6 Å². The van der Waals surface area contributed by atoms with Crippen LogP contribution in [0.5, 0.6) is 0 Å². The van der Waals surface area contributed by atoms with Crippen LogP contribution < -0.4 is 10.6 Å². The molecule has 3 nitrogen and oxygen atoms in total. The van der Waals surface area contributed by atoms with Crippen LogP contribution in [0.25, 0.3) is 0 Å². The Morgan fingerprint density at radius 2 is 2.29 bits per heavy atom. The first-order valence-electron chi connectivity index (χ1n) is 6.37. The van der Waals surface area contributed by atoms with Gasteiger partial charge in [0.25, 0.3) is 0 Å². The van der Waals surface area contributed by atoms with Gasteiger partial charge in [0.2, 0.25) is 0 Å². The second-order valence-electron chi connectivity index (χ2n) is 4.80. The Labute approximate surface area is 104 Å². The smallest absolute Gasteiger partial charge is 0.0721 e. The van der Waals surface area contributed by atoms with Gasteiger partial charge in [0.1, 0.15) is 0 Å². The third kappa shape index (κ3) is 2.99. The summed E-state index contributed by atoms with van der Waals surface area (Å²) in [6, 6.07) is 6.55. The van der Waals surface area contributed by atoms with Crippen LogP contribution in [0.1, 0.15) is 24.5 Å². The van der Waals surface area contributed by atoms with Crippen molar-refractivity contribution < 1.29 is 4.74 Å². The molecule has 94 valence electrons. The van der Waals surface area contributed by atoms with E-state index in [2.05, 4.69) is 36.9 Å². The van der Waals surface area contributed by atoms with E-state index in [-0.39, 0.29) is 0 Å². The molecule has 0 aliphatic carbocycles. The maximum absolute atomic E-state index is 5.69. The van der Waals surface area contributed by atoms with Gasteiger partial charge in [-0.1, -0.05) is 6.07 Å². The molecule has 1 saturated heterocycles. The van der Waals surface area contributed by atoms with E-state index in [9.17, 15) is 0 Å². The van der Waals surface area contributed by atoms with Crippen molar-refractivity contribution in [3.63, 3.8) is 0 Å². The van der Waals surface area contributed by atoms with Gasteiger partial charge in [0.05, 0.1) is 6.10 Å². The Kier molecular flexibility index (Phi) is 4.02. The summed E-state index contributed by atoms with van der Waals surface area (Å²) in [4.78, 5) is 2.41. The third-order valence-corrected chi connectivity index (χ3v) is 3.36. The molecule has 1 aliphatic rings. The fourth-order valence-corrected chi connectivity index (χ4v) is 2.33. The van der Waals surface area contributed by atoms with Crippen LogP contribution in [0.2, 0.25) is 0 Å². The zero-order valence-electron chi connectivity index (χ0n) is 10.8. The van der Waals surface area contributed by atoms with Gasteiger partial charge in [-0.2, -0.15) is 0 Å². The summed E-state index contributed by atoms with van der Waals surface area (Å²) in [6.45, 7) is 7.80. The molecule has 1 atom stereocenters. The molecular weight excluding hydrogens is 212 g/mol. The van der Waals surface area contributed by atoms with Crippen LogP contribution in [-0.4, -0.2) is 25.8 Å². The summed E-state index contributed by atoms with van der Waals surface area (Å²) in [5, 5.41) is 0. The topological polar surface area (TPSA) is 38.5 Å². The molecule has 2 rings (SSSR count). The van der Waals surface area contributed by atoms with Crippen LogP contribution >= 0.6 is 0 Å². The van der Waals surface area contributed by atoms with Gasteiger partial charge in [-0.25, -0.2) is 0 Å². The van der Waals surface area contributed by atoms with Gasteiger partial charge in [-0.05, 0) is 43.5 Å². The van der Waals surface area contributed by atoms with Crippen LogP contribution in [0.4, 0.5) is 5.69 Å². The number of nitrogens with zero attached hydrogens (tertiary/aromatic N) is 1. The molecule has 0 radical (unpaired) electrons. The van der Waals surface area contributed by atoms with E-state index in [0.717, 1.165) is 26.1 Å². The highest BCUT2D eigenvalue weighted by atomic mass is 16.5. The van der Waals surface area contributed by atoms with Gasteiger partial charge in [-0.3, -0.25) is 0 Å². The third-order valence-electron chi connectivity index (χ3n) is 3.36. The average Bonchev–Trinajstić information content (AvgIpc) is 2.54. The normalized spacial score (nSPS) is 21.4. The lowest BCUT2D eigenvalue weighted by atomic mass is 10.1. The lowest BCUT2D eigenvalue weighted by molar-refractivity contribution is 0.0821. The van der Waals surface area contributed by atoms with E-state index in [1.807, 2.05) is 0 Å². The molecule has 2 N–H and O–H groups in total. The lowest BCUT2D eigenvalue weighted by Gasteiger charge is -2.25. The van der Waals surface area contributed by atoms with Gasteiger partial charge < -0.3 is 15.4 Å². The second-order valence-corrected chi connectivity index (χ2v) is 4.80. The Bertz CT molecular complexity index is 378. The maximum atomic E-state index is 5.69. The summed E-state index contributed by atoms with van der Waals surface area (Å²) < 4.78 is 5.67. The molecule has 1 heterocycles. The van der Waals surface area contributed by atoms with Crippen molar-refractivity contribution >= 4 is 5.69 Å². The molecule has 1 aromatic carbocycles. The first-order chi connectivity index (χ1) is 8.20. The molecule has 3 heteroatoms. The number of ether oxygens (including phenoxy) is 1. The Morgan fingerprint density at radius 3 is 3.00 bits per heavy atom. The van der Waals surface area contributed by atoms with Crippen molar-refractivity contribution in [2.75, 3.05) is 24.6 Å². The van der Waals surface area contributed by atoms with Gasteiger partial charge in [-0.15, -0.1) is 0 Å². The predicted molar refractivity (Wildman–Crippen MR) is 71.3 cm³/mol. The highest BCUT2D eigenvalue weighted by Crippen LogP contribution is 2.21. The number of hydrogen-bond acceptors (Lipinski definition) is 3. The second kappa shape index (κ2) is 5.52. The maximum Gasteiger partial charge on any atom is 0.0721 e. The molecule has 1 unspecified atom stereocenters. The quantitative estimate of drug-likeness (QED) is 0.851. The Hall–Kier alpha value is -1.06. The van der Waals surface area contributed by atoms with Gasteiger partial charge in [0, 0.05) is 31.9 Å². The SMILES string of the molecule is Cc1cc(N2CCCOC(C)C2)ccc1CN. The van der Waals surface area contributed by atoms with Crippen LogP contribution in [0, 0.1) is 6.92 Å². The zero-order chi connectivity index (χ0) is 12.3. The zero-order valence-corrected chi connectivity index (χ0v) is 10.8. The fraction of sp³-hybridized carbons (Fsp3) is 0.571. The molecular formula is C14H22N2O. The van der Waals surface area contributed by atoms with Crippen molar-refractivity contribution in [1.29, 1.82) is 0 Å². The number of aryl methyl sites for hydroxylation is 1. The minimum Gasteiger partial charge on any atom is -0.377 e. The summed E-state index contributed by atoms with van der Waals surface area (Å²) in [7, 11) is 0. The van der Waals surface area contributed by atoms with Crippen LogP contribution in [0.3, 0.4) is 0 Å². The van der Waals surface area contributed by atoms with Crippen molar-refractivity contribution in [2.45, 2.75) is 32.9 Å². The highest BCUT2D eigenvalue weighted by Gasteiger charge is 2.15. The lowest BCUT2D eigenvalue weighted by Crippen LogP contribution is -2.30. The number of anilines is 1. The van der Waals surface area contributed by atoms with Crippen molar-refractivity contribution in [2.24, 2.45) is 5.73 Å². The molecule has 1 aliphatic heterocycles. The molecule has 0 amide bonds. The standard InChI is InChI=1S/C14H22N2O/c1-11-8-14(5-4-13(11)9-15)16-6-3-7-17-12(2)10-16/h4-5,8,12H,3,6-7,9-10,15H2,1-2H3. The predicted octanol–water partition coefficient (Wildman–Crippen LogP) is 2.07. The minimum absolute atomic E-state index is 0.312. The first kappa shape index (κ1) is 12.4. The van der Waals surface area contributed by atoms with Crippen LogP contribution in [0.15, 0.2) is 18.2 Å². The highest BCUT2D eigenvalue weighted by molar-refractivity contribution is 5.51. The minimum atomic E-state index is 0.312. The van der Waals surface area contributed by atoms with E-state index >= 15 is 0 Å². The molecule has 0 saturated carbocycles. The number of nitrogens with two attached hydrogens (primary N) is 1. The molecule has 1 fully saturated rings. The number of benzene rings is 1. The van der Waals surface area contributed by atoms with E-state index in [4.69, 9.17) is 10.5 Å². The molecule has 0 spiro atoms. The van der Waals surface area contributed by atoms with Gasteiger partial charge >= 0.3 is 0 Å². The molecule has 1 aromatic rings. The molecule has 0 aromatic heterocycles. The summed E-state index contributed by atoms with van der Waals surface area (Å²) in [6.07, 6.45) is 1.41. The van der Waals surface area contributed by atoms with E-state index < -0.39 is 0 Å². The Balaban J connectivity index is 2.17. The van der Waals surface area contributed by atoms with E-state index in [1.54, 1.807) is 0 Å². The number of hydrogen-bond donors (Lipinski definition) is 1. The average molecular weight is 234 g/mol. The monoisotopic (exact) mass is 234 g/mol. The van der Waals surface area contributed by atoms with E-state index in [1.165, 1.54) is 16.8 Å². The van der Waals surface area contributed by atoms with Crippen molar-refractivity contribution in [3.8, 4) is 0 Å². The fourth-order valence-electron chi connectivity index (χ4n) is 2.33. The molecule has 0 bridgehead atoms. The first-order valence-corrected chi connectivity index (χ1v) is 6.37. The van der Waals surface area contributed by atoms with Crippen LogP contribution in [-0.2, 0) is 11.3 Å². The van der Waals surface area contributed by atoms with Crippen molar-refractivity contribution in [1.82, 2.24) is 0 Å². The number of rotatable bonds is 2.